The first kappa shape index (κ1) is 11.8. The molecule has 0 aliphatic carbocycles. The number of benzene rings is 1. The maximum absolute atomic E-state index is 10.6. The summed E-state index contributed by atoms with van der Waals surface area (Å²) in [5, 5.41) is 9.64. The zero-order chi connectivity index (χ0) is 12.3. The maximum Gasteiger partial charge on any atom is 0.307 e. The molecule has 2 aromatic rings. The lowest BCUT2D eigenvalue weighted by atomic mass is 10.2. The second-order valence-corrected chi connectivity index (χ2v) is 4.97. The highest BCUT2D eigenvalue weighted by atomic mass is 32.2. The summed E-state index contributed by atoms with van der Waals surface area (Å²) in [5.41, 5.74) is 2.03. The summed E-state index contributed by atoms with van der Waals surface area (Å²) in [6.07, 6.45) is 1.80. The predicted octanol–water partition coefficient (Wildman–Crippen LogP) is 3.10. The first-order chi connectivity index (χ1) is 8.13. The van der Waals surface area contributed by atoms with E-state index >= 15 is 0 Å². The molecule has 4 heteroatoms. The molecule has 1 aromatic carbocycles. The molecule has 1 heterocycles. The molecule has 0 radical (unpaired) electrons. The standard InChI is InChI=1S/C13H13NO2S/c1-9-2-4-11(5-3-9)17-12-6-10(8-14-12)7-13(15)16/h2-6,8,14H,7H2,1H3,(H,15,16). The molecule has 0 atom stereocenters. The van der Waals surface area contributed by atoms with Crippen molar-refractivity contribution in [1.29, 1.82) is 0 Å². The van der Waals surface area contributed by atoms with E-state index in [0.29, 0.717) is 0 Å². The number of nitrogens with one attached hydrogen (secondary N) is 1. The normalized spacial score (nSPS) is 10.4. The van der Waals surface area contributed by atoms with Gasteiger partial charge in [0.2, 0.25) is 0 Å². The number of carboxylic acid groups (broad SMARTS) is 1. The van der Waals surface area contributed by atoms with Crippen LogP contribution >= 0.6 is 11.8 Å². The van der Waals surface area contributed by atoms with Crippen molar-refractivity contribution in [2.45, 2.75) is 23.3 Å². The molecule has 17 heavy (non-hydrogen) atoms. The number of aliphatic carboxylic acids is 1. The Hall–Kier alpha value is -1.68. The minimum absolute atomic E-state index is 0.0605. The van der Waals surface area contributed by atoms with Gasteiger partial charge in [-0.3, -0.25) is 4.79 Å². The highest BCUT2D eigenvalue weighted by molar-refractivity contribution is 7.99. The third-order valence-electron chi connectivity index (χ3n) is 2.32. The van der Waals surface area contributed by atoms with E-state index in [0.717, 1.165) is 15.5 Å². The summed E-state index contributed by atoms with van der Waals surface area (Å²) in [5.74, 6) is -0.809. The topological polar surface area (TPSA) is 53.1 Å². The van der Waals surface area contributed by atoms with Gasteiger partial charge in [0.1, 0.15) is 0 Å². The van der Waals surface area contributed by atoms with Gasteiger partial charge in [0.25, 0.3) is 0 Å². The Labute approximate surface area is 104 Å². The molecule has 0 saturated carbocycles. The first-order valence-electron chi connectivity index (χ1n) is 5.27. The average molecular weight is 247 g/mol. The minimum Gasteiger partial charge on any atom is -0.481 e. The van der Waals surface area contributed by atoms with Crippen LogP contribution in [0.25, 0.3) is 0 Å². The summed E-state index contributed by atoms with van der Waals surface area (Å²) in [4.78, 5) is 14.8. The Morgan fingerprint density at radius 2 is 2.06 bits per heavy atom. The molecule has 0 saturated heterocycles. The van der Waals surface area contributed by atoms with E-state index in [1.54, 1.807) is 18.0 Å². The summed E-state index contributed by atoms with van der Waals surface area (Å²) < 4.78 is 0. The molecule has 0 aliphatic heterocycles. The largest absolute Gasteiger partial charge is 0.481 e. The van der Waals surface area contributed by atoms with Crippen molar-refractivity contribution in [1.82, 2.24) is 4.98 Å². The van der Waals surface area contributed by atoms with E-state index < -0.39 is 5.97 Å². The number of aromatic nitrogens is 1. The minimum atomic E-state index is -0.809. The van der Waals surface area contributed by atoms with Crippen LogP contribution in [0.15, 0.2) is 46.5 Å². The number of hydrogen-bond acceptors (Lipinski definition) is 2. The summed E-state index contributed by atoms with van der Waals surface area (Å²) in [7, 11) is 0. The van der Waals surface area contributed by atoms with Crippen LogP contribution in [0.2, 0.25) is 0 Å². The van der Waals surface area contributed by atoms with Crippen molar-refractivity contribution in [3.8, 4) is 0 Å². The Balaban J connectivity index is 2.06. The highest BCUT2D eigenvalue weighted by Crippen LogP contribution is 2.27. The van der Waals surface area contributed by atoms with Gasteiger partial charge in [0.15, 0.2) is 0 Å². The first-order valence-corrected chi connectivity index (χ1v) is 6.09. The van der Waals surface area contributed by atoms with Gasteiger partial charge in [-0.2, -0.15) is 0 Å². The fourth-order valence-corrected chi connectivity index (χ4v) is 2.34. The molecule has 0 fully saturated rings. The Bertz CT molecular complexity index is 516. The number of hydrogen-bond donors (Lipinski definition) is 2. The van der Waals surface area contributed by atoms with Gasteiger partial charge in [-0.15, -0.1) is 0 Å². The number of H-pyrrole nitrogens is 1. The maximum atomic E-state index is 10.6. The second kappa shape index (κ2) is 5.10. The number of rotatable bonds is 4. The lowest BCUT2D eigenvalue weighted by Gasteiger charge is -1.98. The third-order valence-corrected chi connectivity index (χ3v) is 3.28. The molecule has 1 aromatic heterocycles. The van der Waals surface area contributed by atoms with Crippen molar-refractivity contribution in [3.05, 3.63) is 47.7 Å². The predicted molar refractivity (Wildman–Crippen MR) is 67.4 cm³/mol. The molecular weight excluding hydrogens is 234 g/mol. The van der Waals surface area contributed by atoms with Crippen LogP contribution in [0, 0.1) is 6.92 Å². The Morgan fingerprint density at radius 1 is 1.35 bits per heavy atom. The highest BCUT2D eigenvalue weighted by Gasteiger charge is 2.04. The SMILES string of the molecule is Cc1ccc(Sc2cc(CC(=O)O)c[nH]2)cc1. The van der Waals surface area contributed by atoms with E-state index in [2.05, 4.69) is 29.2 Å². The number of carboxylic acids is 1. The van der Waals surface area contributed by atoms with E-state index in [9.17, 15) is 4.79 Å². The van der Waals surface area contributed by atoms with E-state index in [-0.39, 0.29) is 6.42 Å². The lowest BCUT2D eigenvalue weighted by Crippen LogP contribution is -1.97. The van der Waals surface area contributed by atoms with Gasteiger partial charge in [0.05, 0.1) is 11.4 Å². The van der Waals surface area contributed by atoms with Gasteiger partial charge in [-0.1, -0.05) is 29.5 Å². The third kappa shape index (κ3) is 3.39. The monoisotopic (exact) mass is 247 g/mol. The van der Waals surface area contributed by atoms with Gasteiger partial charge in [-0.05, 0) is 30.7 Å². The smallest absolute Gasteiger partial charge is 0.307 e. The zero-order valence-corrected chi connectivity index (χ0v) is 10.3. The van der Waals surface area contributed by atoms with Crippen LogP contribution in [0.4, 0.5) is 0 Å². The van der Waals surface area contributed by atoms with Gasteiger partial charge in [0, 0.05) is 11.1 Å². The fourth-order valence-electron chi connectivity index (χ4n) is 1.48. The molecule has 0 unspecified atom stereocenters. The quantitative estimate of drug-likeness (QED) is 0.872. The van der Waals surface area contributed by atoms with Crippen LogP contribution in [-0.2, 0) is 11.2 Å². The van der Waals surface area contributed by atoms with Crippen LogP contribution < -0.4 is 0 Å². The van der Waals surface area contributed by atoms with Crippen molar-refractivity contribution in [3.63, 3.8) is 0 Å². The summed E-state index contributed by atoms with van der Waals surface area (Å²) in [6, 6.07) is 10.1. The zero-order valence-electron chi connectivity index (χ0n) is 9.43. The van der Waals surface area contributed by atoms with Crippen molar-refractivity contribution in [2.75, 3.05) is 0 Å². The second-order valence-electron chi connectivity index (χ2n) is 3.86. The van der Waals surface area contributed by atoms with Crippen molar-refractivity contribution < 1.29 is 9.90 Å². The number of aryl methyl sites for hydroxylation is 1. The van der Waals surface area contributed by atoms with Gasteiger partial charge >= 0.3 is 5.97 Å². The summed E-state index contributed by atoms with van der Waals surface area (Å²) in [6.45, 7) is 2.05. The van der Waals surface area contributed by atoms with E-state index in [4.69, 9.17) is 5.11 Å². The summed E-state index contributed by atoms with van der Waals surface area (Å²) >= 11 is 1.60. The Morgan fingerprint density at radius 3 is 2.71 bits per heavy atom. The Kier molecular flexibility index (Phi) is 3.54. The van der Waals surface area contributed by atoms with E-state index in [1.807, 2.05) is 13.0 Å². The molecule has 2 rings (SSSR count). The lowest BCUT2D eigenvalue weighted by molar-refractivity contribution is -0.136. The van der Waals surface area contributed by atoms with Gasteiger partial charge < -0.3 is 10.1 Å². The van der Waals surface area contributed by atoms with Crippen molar-refractivity contribution >= 4 is 17.7 Å². The molecule has 88 valence electrons. The van der Waals surface area contributed by atoms with Crippen LogP contribution in [-0.4, -0.2) is 16.1 Å². The molecule has 0 amide bonds. The molecule has 0 spiro atoms. The molecule has 0 aliphatic rings. The molecule has 3 nitrogen and oxygen atoms in total. The van der Waals surface area contributed by atoms with Crippen LogP contribution in [0.1, 0.15) is 11.1 Å². The van der Waals surface area contributed by atoms with E-state index in [1.165, 1.54) is 5.56 Å². The fraction of sp³-hybridized carbons (Fsp3) is 0.154. The van der Waals surface area contributed by atoms with Gasteiger partial charge in [-0.25, -0.2) is 0 Å². The van der Waals surface area contributed by atoms with Crippen LogP contribution in [0.3, 0.4) is 0 Å². The van der Waals surface area contributed by atoms with Crippen LogP contribution in [0.5, 0.6) is 0 Å². The molecule has 0 bridgehead atoms. The number of carbonyl (C=O) groups is 1. The average Bonchev–Trinajstić information content (AvgIpc) is 2.68. The molecule has 2 N–H and O–H groups in total. The molecular formula is C13H13NO2S. The van der Waals surface area contributed by atoms with Crippen molar-refractivity contribution in [2.24, 2.45) is 0 Å². The number of aromatic amines is 1.